The monoisotopic (exact) mass is 224 g/mol. The van der Waals surface area contributed by atoms with Crippen molar-refractivity contribution in [2.45, 2.75) is 26.7 Å². The highest BCUT2D eigenvalue weighted by Gasteiger charge is 2.18. The van der Waals surface area contributed by atoms with Crippen LogP contribution in [0.15, 0.2) is 0 Å². The molecule has 0 saturated carbocycles. The number of carbonyl (C=O) groups excluding carboxylic acids is 1. The minimum absolute atomic E-state index is 0.166. The summed E-state index contributed by atoms with van der Waals surface area (Å²) in [5.41, 5.74) is 0. The van der Waals surface area contributed by atoms with E-state index in [-0.39, 0.29) is 24.5 Å². The van der Waals surface area contributed by atoms with Crippen LogP contribution in [0.5, 0.6) is 0 Å². The van der Waals surface area contributed by atoms with E-state index in [4.69, 9.17) is 9.79 Å². The van der Waals surface area contributed by atoms with E-state index in [0.29, 0.717) is 13.0 Å². The summed E-state index contributed by atoms with van der Waals surface area (Å²) in [6.45, 7) is 3.76. The molecule has 0 heterocycles. The van der Waals surface area contributed by atoms with Crippen LogP contribution in [0, 0.1) is 5.92 Å². The second-order valence-corrected chi connectivity index (χ2v) is 4.99. The maximum Gasteiger partial charge on any atom is 0.325 e. The van der Waals surface area contributed by atoms with Gasteiger partial charge >= 0.3 is 13.6 Å². The van der Waals surface area contributed by atoms with E-state index in [0.717, 1.165) is 0 Å². The zero-order valence-corrected chi connectivity index (χ0v) is 9.37. The van der Waals surface area contributed by atoms with E-state index < -0.39 is 7.60 Å². The van der Waals surface area contributed by atoms with E-state index in [1.54, 1.807) is 13.8 Å². The van der Waals surface area contributed by atoms with Crippen LogP contribution in [0.3, 0.4) is 0 Å². The van der Waals surface area contributed by atoms with Crippen molar-refractivity contribution in [2.75, 3.05) is 12.8 Å². The number of rotatable bonds is 6. The molecule has 0 aromatic rings. The molecule has 0 saturated heterocycles. The first-order chi connectivity index (χ1) is 6.35. The summed E-state index contributed by atoms with van der Waals surface area (Å²) < 4.78 is 15.3. The lowest BCUT2D eigenvalue weighted by Crippen LogP contribution is -2.08. The first-order valence-electron chi connectivity index (χ1n) is 4.55. The van der Waals surface area contributed by atoms with Crippen LogP contribution in [0.2, 0.25) is 0 Å². The van der Waals surface area contributed by atoms with Crippen molar-refractivity contribution < 1.29 is 23.9 Å². The molecule has 14 heavy (non-hydrogen) atoms. The third kappa shape index (κ3) is 8.23. The maximum absolute atomic E-state index is 10.9. The molecule has 6 heteroatoms. The fraction of sp³-hybridized carbons (Fsp3) is 0.875. The predicted octanol–water partition coefficient (Wildman–Crippen LogP) is 1.14. The maximum atomic E-state index is 10.9. The summed E-state index contributed by atoms with van der Waals surface area (Å²) in [6, 6.07) is 0. The molecule has 0 aliphatic carbocycles. The Morgan fingerprint density at radius 3 is 2.50 bits per heavy atom. The van der Waals surface area contributed by atoms with Crippen molar-refractivity contribution in [1.29, 1.82) is 0 Å². The van der Waals surface area contributed by atoms with Crippen LogP contribution >= 0.6 is 7.60 Å². The van der Waals surface area contributed by atoms with Gasteiger partial charge in [0.2, 0.25) is 0 Å². The summed E-state index contributed by atoms with van der Waals surface area (Å²) in [6.07, 6.45) is 0.491. The van der Waals surface area contributed by atoms with Crippen molar-refractivity contribution in [1.82, 2.24) is 0 Å². The third-order valence-corrected chi connectivity index (χ3v) is 2.80. The zero-order chi connectivity index (χ0) is 11.2. The SMILES string of the molecule is CCOC(=O)CCC(C)CP(=O)(O)O. The van der Waals surface area contributed by atoms with Crippen LogP contribution in [0.25, 0.3) is 0 Å². The minimum Gasteiger partial charge on any atom is -0.466 e. The van der Waals surface area contributed by atoms with Gasteiger partial charge in [0.15, 0.2) is 0 Å². The molecule has 0 spiro atoms. The van der Waals surface area contributed by atoms with Crippen molar-refractivity contribution >= 4 is 13.6 Å². The van der Waals surface area contributed by atoms with Gasteiger partial charge in [-0.2, -0.15) is 0 Å². The number of esters is 1. The smallest absolute Gasteiger partial charge is 0.325 e. The van der Waals surface area contributed by atoms with Gasteiger partial charge in [-0.25, -0.2) is 0 Å². The Bertz CT molecular complexity index is 222. The molecule has 2 N–H and O–H groups in total. The molecule has 0 rings (SSSR count). The number of carbonyl (C=O) groups is 1. The van der Waals surface area contributed by atoms with E-state index in [1.807, 2.05) is 0 Å². The molecule has 0 aromatic carbocycles. The van der Waals surface area contributed by atoms with Crippen LogP contribution in [0.1, 0.15) is 26.7 Å². The molecule has 0 bridgehead atoms. The van der Waals surface area contributed by atoms with Gasteiger partial charge in [-0.1, -0.05) is 6.92 Å². The second-order valence-electron chi connectivity index (χ2n) is 3.30. The normalized spacial score (nSPS) is 13.7. The third-order valence-electron chi connectivity index (χ3n) is 1.70. The van der Waals surface area contributed by atoms with Gasteiger partial charge in [-0.3, -0.25) is 9.36 Å². The van der Waals surface area contributed by atoms with Crippen LogP contribution in [0.4, 0.5) is 0 Å². The lowest BCUT2D eigenvalue weighted by molar-refractivity contribution is -0.143. The molecular weight excluding hydrogens is 207 g/mol. The van der Waals surface area contributed by atoms with Gasteiger partial charge < -0.3 is 14.5 Å². The average molecular weight is 224 g/mol. The molecule has 0 radical (unpaired) electrons. The molecule has 0 amide bonds. The van der Waals surface area contributed by atoms with Gasteiger partial charge in [-0.15, -0.1) is 0 Å². The van der Waals surface area contributed by atoms with Gasteiger partial charge in [-0.05, 0) is 19.3 Å². The molecule has 5 nitrogen and oxygen atoms in total. The lowest BCUT2D eigenvalue weighted by Gasteiger charge is -2.11. The van der Waals surface area contributed by atoms with Crippen molar-refractivity contribution in [3.63, 3.8) is 0 Å². The summed E-state index contributed by atoms with van der Waals surface area (Å²) in [5, 5.41) is 0. The van der Waals surface area contributed by atoms with E-state index in [9.17, 15) is 9.36 Å². The molecule has 0 aliphatic heterocycles. The summed E-state index contributed by atoms with van der Waals surface area (Å²) in [7, 11) is -3.95. The average Bonchev–Trinajstić information content (AvgIpc) is 1.98. The number of hydrogen-bond donors (Lipinski definition) is 2. The van der Waals surface area contributed by atoms with Crippen molar-refractivity contribution in [3.05, 3.63) is 0 Å². The Balaban J connectivity index is 3.69. The highest BCUT2D eigenvalue weighted by atomic mass is 31.2. The molecule has 0 fully saturated rings. The second kappa shape index (κ2) is 6.17. The fourth-order valence-electron chi connectivity index (χ4n) is 1.09. The highest BCUT2D eigenvalue weighted by Crippen LogP contribution is 2.37. The molecule has 84 valence electrons. The summed E-state index contributed by atoms with van der Waals surface area (Å²) in [5.74, 6) is -0.481. The number of hydrogen-bond acceptors (Lipinski definition) is 3. The molecule has 1 unspecified atom stereocenters. The fourth-order valence-corrected chi connectivity index (χ4v) is 2.09. The zero-order valence-electron chi connectivity index (χ0n) is 8.47. The van der Waals surface area contributed by atoms with E-state index in [1.165, 1.54) is 0 Å². The first kappa shape index (κ1) is 13.6. The van der Waals surface area contributed by atoms with Gasteiger partial charge in [0.25, 0.3) is 0 Å². The summed E-state index contributed by atoms with van der Waals surface area (Å²) >= 11 is 0. The quantitative estimate of drug-likeness (QED) is 0.522. The van der Waals surface area contributed by atoms with Crippen LogP contribution < -0.4 is 0 Å². The van der Waals surface area contributed by atoms with Gasteiger partial charge in [0.1, 0.15) is 0 Å². The Morgan fingerprint density at radius 2 is 2.07 bits per heavy atom. The predicted molar refractivity (Wildman–Crippen MR) is 51.9 cm³/mol. The van der Waals surface area contributed by atoms with Gasteiger partial charge in [0, 0.05) is 6.42 Å². The largest absolute Gasteiger partial charge is 0.466 e. The first-order valence-corrected chi connectivity index (χ1v) is 6.35. The summed E-state index contributed by atoms with van der Waals surface area (Å²) in [4.78, 5) is 28.2. The van der Waals surface area contributed by atoms with Gasteiger partial charge in [0.05, 0.1) is 12.8 Å². The Morgan fingerprint density at radius 1 is 1.50 bits per heavy atom. The molecule has 0 aliphatic rings. The molecule has 0 aromatic heterocycles. The van der Waals surface area contributed by atoms with E-state index in [2.05, 4.69) is 4.74 Å². The Labute approximate surface area is 83.6 Å². The lowest BCUT2D eigenvalue weighted by atomic mass is 10.1. The van der Waals surface area contributed by atoms with Crippen LogP contribution in [-0.2, 0) is 14.1 Å². The van der Waals surface area contributed by atoms with Crippen LogP contribution in [-0.4, -0.2) is 28.5 Å². The van der Waals surface area contributed by atoms with Crippen molar-refractivity contribution in [2.24, 2.45) is 5.92 Å². The molecule has 1 atom stereocenters. The van der Waals surface area contributed by atoms with Crippen molar-refractivity contribution in [3.8, 4) is 0 Å². The highest BCUT2D eigenvalue weighted by molar-refractivity contribution is 7.51. The Kier molecular flexibility index (Phi) is 6.00. The topological polar surface area (TPSA) is 83.8 Å². The molecular formula is C8H17O5P. The van der Waals surface area contributed by atoms with E-state index >= 15 is 0 Å². The number of ether oxygens (including phenoxy) is 1. The Hall–Kier alpha value is -0.380. The standard InChI is InChI=1S/C8H17O5P/c1-3-13-8(9)5-4-7(2)6-14(10,11)12/h7H,3-6H2,1-2H3,(H2,10,11,12). The minimum atomic E-state index is -3.95.